The highest BCUT2D eigenvalue weighted by molar-refractivity contribution is 7.10. The summed E-state index contributed by atoms with van der Waals surface area (Å²) in [7, 11) is 1.71. The van der Waals surface area contributed by atoms with Crippen LogP contribution in [0.15, 0.2) is 29.6 Å². The smallest absolute Gasteiger partial charge is 0.121 e. The molecule has 0 saturated heterocycles. The molecular weight excluding hydrogens is 254 g/mol. The fourth-order valence-corrected chi connectivity index (χ4v) is 3.06. The molecule has 0 saturated carbocycles. The van der Waals surface area contributed by atoms with Gasteiger partial charge in [-0.1, -0.05) is 19.1 Å². The Labute approximate surface area is 119 Å². The number of hydrogen-bond acceptors (Lipinski definition) is 3. The lowest BCUT2D eigenvalue weighted by Gasteiger charge is -2.18. The molecule has 0 spiro atoms. The number of thiophene rings is 1. The van der Waals surface area contributed by atoms with E-state index in [1.54, 1.807) is 18.4 Å². The first-order valence-electron chi connectivity index (χ1n) is 6.58. The van der Waals surface area contributed by atoms with Crippen molar-refractivity contribution in [1.82, 2.24) is 5.32 Å². The molecule has 0 radical (unpaired) electrons. The van der Waals surface area contributed by atoms with E-state index in [4.69, 9.17) is 4.74 Å². The van der Waals surface area contributed by atoms with Gasteiger partial charge in [-0.25, -0.2) is 0 Å². The molecule has 1 N–H and O–H groups in total. The van der Waals surface area contributed by atoms with Gasteiger partial charge in [0.2, 0.25) is 0 Å². The van der Waals surface area contributed by atoms with Crippen LogP contribution in [0.2, 0.25) is 0 Å². The third-order valence-corrected chi connectivity index (χ3v) is 4.12. The molecule has 2 rings (SSSR count). The molecule has 2 aromatic rings. The fourth-order valence-electron chi connectivity index (χ4n) is 2.33. The molecule has 1 atom stereocenters. The van der Waals surface area contributed by atoms with Crippen LogP contribution in [0, 0.1) is 13.8 Å². The van der Waals surface area contributed by atoms with Gasteiger partial charge in [0.25, 0.3) is 0 Å². The number of methoxy groups -OCH3 is 1. The lowest BCUT2D eigenvalue weighted by Crippen LogP contribution is -2.21. The molecule has 3 heteroatoms. The summed E-state index contributed by atoms with van der Waals surface area (Å²) in [5.74, 6) is 0.945. The highest BCUT2D eigenvalue weighted by Crippen LogP contribution is 2.29. The average molecular weight is 275 g/mol. The van der Waals surface area contributed by atoms with E-state index in [1.165, 1.54) is 21.6 Å². The van der Waals surface area contributed by atoms with Crippen LogP contribution in [0.25, 0.3) is 0 Å². The highest BCUT2D eigenvalue weighted by Gasteiger charge is 2.15. The maximum atomic E-state index is 5.33. The van der Waals surface area contributed by atoms with Crippen LogP contribution < -0.4 is 10.1 Å². The van der Waals surface area contributed by atoms with Crippen molar-refractivity contribution >= 4 is 11.3 Å². The molecule has 102 valence electrons. The van der Waals surface area contributed by atoms with Crippen molar-refractivity contribution in [2.24, 2.45) is 0 Å². The number of benzene rings is 1. The van der Waals surface area contributed by atoms with E-state index in [9.17, 15) is 0 Å². The van der Waals surface area contributed by atoms with E-state index in [-0.39, 0.29) is 6.04 Å². The summed E-state index contributed by atoms with van der Waals surface area (Å²) in [5, 5.41) is 5.80. The molecule has 0 bridgehead atoms. The van der Waals surface area contributed by atoms with Crippen LogP contribution in [0.1, 0.15) is 34.5 Å². The molecular formula is C16H21NOS. The molecule has 0 fully saturated rings. The van der Waals surface area contributed by atoms with Crippen molar-refractivity contribution in [3.05, 3.63) is 51.2 Å². The Morgan fingerprint density at radius 3 is 2.53 bits per heavy atom. The van der Waals surface area contributed by atoms with Gasteiger partial charge in [0.15, 0.2) is 0 Å². The largest absolute Gasteiger partial charge is 0.496 e. The van der Waals surface area contributed by atoms with Crippen LogP contribution >= 0.6 is 11.3 Å². The second-order valence-corrected chi connectivity index (χ2v) is 5.83. The minimum Gasteiger partial charge on any atom is -0.496 e. The molecule has 1 unspecified atom stereocenters. The van der Waals surface area contributed by atoms with Gasteiger partial charge in [0.1, 0.15) is 5.75 Å². The van der Waals surface area contributed by atoms with Gasteiger partial charge in [-0.3, -0.25) is 0 Å². The van der Waals surface area contributed by atoms with E-state index >= 15 is 0 Å². The molecule has 1 aromatic heterocycles. The van der Waals surface area contributed by atoms with E-state index in [2.05, 4.69) is 49.7 Å². The number of nitrogens with one attached hydrogen (secondary N) is 1. The van der Waals surface area contributed by atoms with Gasteiger partial charge in [-0.15, -0.1) is 11.3 Å². The van der Waals surface area contributed by atoms with E-state index in [1.807, 2.05) is 6.07 Å². The summed E-state index contributed by atoms with van der Waals surface area (Å²) in [6, 6.07) is 8.93. The first-order valence-corrected chi connectivity index (χ1v) is 7.46. The van der Waals surface area contributed by atoms with Gasteiger partial charge in [-0.2, -0.15) is 0 Å². The van der Waals surface area contributed by atoms with Crippen molar-refractivity contribution in [3.63, 3.8) is 0 Å². The predicted molar refractivity (Wildman–Crippen MR) is 82.3 cm³/mol. The summed E-state index contributed by atoms with van der Waals surface area (Å²) in [6.07, 6.45) is 0. The predicted octanol–water partition coefficient (Wildman–Crippen LogP) is 4.07. The first-order chi connectivity index (χ1) is 9.15. The lowest BCUT2D eigenvalue weighted by atomic mass is 9.99. The lowest BCUT2D eigenvalue weighted by molar-refractivity contribution is 0.411. The van der Waals surface area contributed by atoms with Crippen LogP contribution in [-0.4, -0.2) is 13.7 Å². The SMILES string of the molecule is CCNC(c1csc(C)c1)c1ccc(OC)c(C)c1. The molecule has 2 nitrogen and oxygen atoms in total. The van der Waals surface area contributed by atoms with Gasteiger partial charge in [-0.05, 0) is 54.6 Å². The second-order valence-electron chi connectivity index (χ2n) is 4.71. The van der Waals surface area contributed by atoms with Gasteiger partial charge < -0.3 is 10.1 Å². The molecule has 19 heavy (non-hydrogen) atoms. The molecule has 0 amide bonds. The fraction of sp³-hybridized carbons (Fsp3) is 0.375. The van der Waals surface area contributed by atoms with E-state index in [0.29, 0.717) is 0 Å². The Kier molecular flexibility index (Phi) is 4.61. The van der Waals surface area contributed by atoms with Gasteiger partial charge in [0.05, 0.1) is 13.2 Å². The molecule has 1 heterocycles. The quantitative estimate of drug-likeness (QED) is 0.888. The maximum absolute atomic E-state index is 5.33. The zero-order valence-corrected chi connectivity index (χ0v) is 12.8. The normalized spacial score (nSPS) is 12.4. The van der Waals surface area contributed by atoms with Crippen LogP contribution in [0.5, 0.6) is 5.75 Å². The third kappa shape index (κ3) is 3.17. The molecule has 0 aliphatic heterocycles. The van der Waals surface area contributed by atoms with Gasteiger partial charge >= 0.3 is 0 Å². The Hall–Kier alpha value is -1.32. The number of rotatable bonds is 5. The van der Waals surface area contributed by atoms with Crippen molar-refractivity contribution < 1.29 is 4.74 Å². The monoisotopic (exact) mass is 275 g/mol. The first kappa shape index (κ1) is 14.1. The topological polar surface area (TPSA) is 21.3 Å². The Morgan fingerprint density at radius 1 is 1.21 bits per heavy atom. The Morgan fingerprint density at radius 2 is 2.00 bits per heavy atom. The van der Waals surface area contributed by atoms with E-state index in [0.717, 1.165) is 12.3 Å². The van der Waals surface area contributed by atoms with Gasteiger partial charge in [0, 0.05) is 4.88 Å². The summed E-state index contributed by atoms with van der Waals surface area (Å²) in [5.41, 5.74) is 3.81. The summed E-state index contributed by atoms with van der Waals surface area (Å²) in [4.78, 5) is 1.35. The van der Waals surface area contributed by atoms with Crippen LogP contribution in [-0.2, 0) is 0 Å². The molecule has 1 aromatic carbocycles. The zero-order valence-electron chi connectivity index (χ0n) is 12.0. The zero-order chi connectivity index (χ0) is 13.8. The van der Waals surface area contributed by atoms with E-state index < -0.39 is 0 Å². The standard InChI is InChI=1S/C16H21NOS/c1-5-17-16(14-9-12(3)19-10-14)13-6-7-15(18-4)11(2)8-13/h6-10,16-17H,5H2,1-4H3. The third-order valence-electron chi connectivity index (χ3n) is 3.24. The van der Waals surface area contributed by atoms with Crippen molar-refractivity contribution in [2.75, 3.05) is 13.7 Å². The number of aryl methyl sites for hydroxylation is 2. The second kappa shape index (κ2) is 6.22. The maximum Gasteiger partial charge on any atom is 0.121 e. The molecule has 0 aliphatic carbocycles. The summed E-state index contributed by atoms with van der Waals surface area (Å²) < 4.78 is 5.33. The average Bonchev–Trinajstić information content (AvgIpc) is 2.82. The molecule has 0 aliphatic rings. The van der Waals surface area contributed by atoms with Crippen LogP contribution in [0.4, 0.5) is 0 Å². The highest BCUT2D eigenvalue weighted by atomic mass is 32.1. The van der Waals surface area contributed by atoms with Crippen molar-refractivity contribution in [1.29, 1.82) is 0 Å². The summed E-state index contributed by atoms with van der Waals surface area (Å²) >= 11 is 1.80. The van der Waals surface area contributed by atoms with Crippen molar-refractivity contribution in [3.8, 4) is 5.75 Å². The summed E-state index contributed by atoms with van der Waals surface area (Å²) in [6.45, 7) is 7.33. The van der Waals surface area contributed by atoms with Crippen LogP contribution in [0.3, 0.4) is 0 Å². The van der Waals surface area contributed by atoms with Crippen molar-refractivity contribution in [2.45, 2.75) is 26.8 Å². The Bertz CT molecular complexity index is 547. The Balaban J connectivity index is 2.36. The number of hydrogen-bond donors (Lipinski definition) is 1. The minimum absolute atomic E-state index is 0.263. The minimum atomic E-state index is 0.263. The number of ether oxygens (including phenoxy) is 1.